The lowest BCUT2D eigenvalue weighted by molar-refractivity contribution is -0.388. The topological polar surface area (TPSA) is 86.3 Å². The summed E-state index contributed by atoms with van der Waals surface area (Å²) in [6, 6.07) is 3.44. The molecule has 28 heavy (non-hydrogen) atoms. The van der Waals surface area contributed by atoms with Crippen molar-refractivity contribution in [2.75, 3.05) is 0 Å². The molecule has 0 spiro atoms. The maximum atomic E-state index is 12.7. The minimum Gasteiger partial charge on any atom is -0.258 e. The predicted octanol–water partition coefficient (Wildman–Crippen LogP) is 6.34. The molecule has 0 aliphatic rings. The Kier molecular flexibility index (Phi) is 6.13. The highest BCUT2D eigenvalue weighted by Crippen LogP contribution is 2.47. The normalized spacial score (nSPS) is 12.1. The standard InChI is InChI=1S/C14H6F6N2O4S2/c15-13(16,17)7-1-3-11(9(5-7)21(23)24)27-28-12-4-2-8(14(18,19)20)6-10(12)22(25)26/h1-6H. The molecule has 150 valence electrons. The van der Waals surface area contributed by atoms with E-state index in [0.717, 1.165) is 12.1 Å². The van der Waals surface area contributed by atoms with E-state index in [9.17, 15) is 46.6 Å². The second-order valence-electron chi connectivity index (χ2n) is 5.04. The van der Waals surface area contributed by atoms with E-state index < -0.39 is 44.7 Å². The van der Waals surface area contributed by atoms with Crippen LogP contribution in [-0.2, 0) is 12.4 Å². The van der Waals surface area contributed by atoms with Gasteiger partial charge in [0.25, 0.3) is 11.4 Å². The van der Waals surface area contributed by atoms with Crippen LogP contribution in [0.1, 0.15) is 11.1 Å². The van der Waals surface area contributed by atoms with Gasteiger partial charge in [-0.1, -0.05) is 0 Å². The van der Waals surface area contributed by atoms with Crippen molar-refractivity contribution in [3.8, 4) is 0 Å². The molecule has 0 amide bonds. The summed E-state index contributed by atoms with van der Waals surface area (Å²) in [6.07, 6.45) is -9.62. The van der Waals surface area contributed by atoms with E-state index in [4.69, 9.17) is 0 Å². The van der Waals surface area contributed by atoms with Gasteiger partial charge in [0.1, 0.15) is 0 Å². The summed E-state index contributed by atoms with van der Waals surface area (Å²) in [5.41, 5.74) is -4.29. The van der Waals surface area contributed by atoms with Gasteiger partial charge in [-0.15, -0.1) is 0 Å². The molecule has 2 rings (SSSR count). The Morgan fingerprint density at radius 3 is 1.25 bits per heavy atom. The first kappa shape index (κ1) is 21.8. The molecule has 0 unspecified atom stereocenters. The molecule has 6 nitrogen and oxygen atoms in total. The molecule has 0 saturated carbocycles. The minimum atomic E-state index is -4.81. The van der Waals surface area contributed by atoms with E-state index in [1.165, 1.54) is 0 Å². The molecule has 0 fully saturated rings. The van der Waals surface area contributed by atoms with Gasteiger partial charge in [-0.3, -0.25) is 20.2 Å². The Bertz CT molecular complexity index is 858. The van der Waals surface area contributed by atoms with Gasteiger partial charge in [-0.25, -0.2) is 0 Å². The average molecular weight is 444 g/mol. The highest BCUT2D eigenvalue weighted by Gasteiger charge is 2.34. The predicted molar refractivity (Wildman–Crippen MR) is 87.9 cm³/mol. The Labute approximate surface area is 159 Å². The van der Waals surface area contributed by atoms with Crippen LogP contribution in [0.2, 0.25) is 0 Å². The lowest BCUT2D eigenvalue weighted by Crippen LogP contribution is -2.06. The second-order valence-corrected chi connectivity index (χ2v) is 7.25. The number of hydrogen-bond donors (Lipinski definition) is 0. The second kappa shape index (κ2) is 7.87. The third-order valence-corrected chi connectivity index (χ3v) is 5.65. The molecule has 0 radical (unpaired) electrons. The highest BCUT2D eigenvalue weighted by molar-refractivity contribution is 8.76. The van der Waals surface area contributed by atoms with Crippen molar-refractivity contribution in [2.24, 2.45) is 0 Å². The van der Waals surface area contributed by atoms with Crippen LogP contribution in [0.3, 0.4) is 0 Å². The Balaban J connectivity index is 2.36. The minimum absolute atomic E-state index is 0.253. The van der Waals surface area contributed by atoms with Crippen LogP contribution < -0.4 is 0 Å². The van der Waals surface area contributed by atoms with Crippen molar-refractivity contribution < 1.29 is 36.2 Å². The number of nitro groups is 2. The molecule has 0 saturated heterocycles. The number of halogens is 6. The Morgan fingerprint density at radius 1 is 0.679 bits per heavy atom. The maximum Gasteiger partial charge on any atom is 0.416 e. The van der Waals surface area contributed by atoms with E-state index in [-0.39, 0.29) is 9.79 Å². The summed E-state index contributed by atoms with van der Waals surface area (Å²) in [6.45, 7) is 0. The molecule has 0 bridgehead atoms. The van der Waals surface area contributed by atoms with Gasteiger partial charge in [0.15, 0.2) is 0 Å². The van der Waals surface area contributed by atoms with E-state index >= 15 is 0 Å². The lowest BCUT2D eigenvalue weighted by Gasteiger charge is -2.10. The van der Waals surface area contributed by atoms with Gasteiger partial charge in [0.05, 0.1) is 30.8 Å². The molecule has 2 aromatic carbocycles. The average Bonchev–Trinajstić information content (AvgIpc) is 2.57. The summed E-state index contributed by atoms with van der Waals surface area (Å²) in [5.74, 6) is 0. The molecule has 14 heteroatoms. The number of hydrogen-bond acceptors (Lipinski definition) is 6. The van der Waals surface area contributed by atoms with Crippen molar-refractivity contribution in [1.82, 2.24) is 0 Å². The molecular formula is C14H6F6N2O4S2. The van der Waals surface area contributed by atoms with Crippen LogP contribution in [0.25, 0.3) is 0 Å². The van der Waals surface area contributed by atoms with Crippen molar-refractivity contribution >= 4 is 33.0 Å². The van der Waals surface area contributed by atoms with Crippen LogP contribution in [0.4, 0.5) is 37.7 Å². The number of alkyl halides is 6. The van der Waals surface area contributed by atoms with Crippen molar-refractivity contribution in [1.29, 1.82) is 0 Å². The molecule has 0 heterocycles. The van der Waals surface area contributed by atoms with E-state index in [2.05, 4.69) is 0 Å². The first-order valence-corrected chi connectivity index (χ1v) is 9.01. The van der Waals surface area contributed by atoms with Crippen LogP contribution >= 0.6 is 21.6 Å². The molecule has 0 N–H and O–H groups in total. The summed E-state index contributed by atoms with van der Waals surface area (Å²) in [4.78, 5) is 19.4. The van der Waals surface area contributed by atoms with Gasteiger partial charge in [0.2, 0.25) is 0 Å². The van der Waals surface area contributed by atoms with Crippen molar-refractivity contribution in [3.63, 3.8) is 0 Å². The first-order valence-electron chi connectivity index (χ1n) is 6.86. The van der Waals surface area contributed by atoms with Gasteiger partial charge >= 0.3 is 12.4 Å². The van der Waals surface area contributed by atoms with E-state index in [0.29, 0.717) is 45.9 Å². The molecule has 0 atom stereocenters. The highest BCUT2D eigenvalue weighted by atomic mass is 33.1. The number of nitrogens with zero attached hydrogens (tertiary/aromatic N) is 2. The Morgan fingerprint density at radius 2 is 1.00 bits per heavy atom. The molecule has 0 aliphatic heterocycles. The van der Waals surface area contributed by atoms with Crippen molar-refractivity contribution in [2.45, 2.75) is 22.1 Å². The van der Waals surface area contributed by atoms with Crippen LogP contribution in [0.5, 0.6) is 0 Å². The van der Waals surface area contributed by atoms with Gasteiger partial charge < -0.3 is 0 Å². The van der Waals surface area contributed by atoms with E-state index in [1.54, 1.807) is 0 Å². The molecular weight excluding hydrogens is 438 g/mol. The fraction of sp³-hybridized carbons (Fsp3) is 0.143. The van der Waals surface area contributed by atoms with Crippen LogP contribution in [-0.4, -0.2) is 9.85 Å². The zero-order valence-corrected chi connectivity index (χ0v) is 14.7. The van der Waals surface area contributed by atoms with Crippen LogP contribution in [0, 0.1) is 20.2 Å². The van der Waals surface area contributed by atoms with E-state index in [1.807, 2.05) is 0 Å². The Hall–Kier alpha value is -2.48. The summed E-state index contributed by atoms with van der Waals surface area (Å²) in [7, 11) is 1.03. The maximum absolute atomic E-state index is 12.7. The zero-order valence-electron chi connectivity index (χ0n) is 13.1. The van der Waals surface area contributed by atoms with Crippen LogP contribution in [0.15, 0.2) is 46.2 Å². The zero-order chi connectivity index (χ0) is 21.3. The van der Waals surface area contributed by atoms with Crippen molar-refractivity contribution in [3.05, 3.63) is 67.8 Å². The fourth-order valence-electron chi connectivity index (χ4n) is 1.90. The summed E-state index contributed by atoms with van der Waals surface area (Å²) < 4.78 is 76.1. The third-order valence-electron chi connectivity index (χ3n) is 3.19. The quantitative estimate of drug-likeness (QED) is 0.232. The van der Waals surface area contributed by atoms with Gasteiger partial charge in [0, 0.05) is 12.1 Å². The SMILES string of the molecule is O=[N+]([O-])c1cc(C(F)(F)F)ccc1SSc1ccc(C(F)(F)F)cc1[N+](=O)[O-]. The molecule has 2 aromatic rings. The number of benzene rings is 2. The fourth-order valence-corrected chi connectivity index (χ4v) is 4.15. The largest absolute Gasteiger partial charge is 0.416 e. The third kappa shape index (κ3) is 5.07. The first-order chi connectivity index (χ1) is 12.8. The number of rotatable bonds is 5. The smallest absolute Gasteiger partial charge is 0.258 e. The molecule has 0 aliphatic carbocycles. The summed E-state index contributed by atoms with van der Waals surface area (Å²) in [5, 5.41) is 22.0. The molecule has 0 aromatic heterocycles. The monoisotopic (exact) mass is 444 g/mol. The lowest BCUT2D eigenvalue weighted by atomic mass is 10.2. The van der Waals surface area contributed by atoms with Gasteiger partial charge in [-0.2, -0.15) is 26.3 Å². The number of nitro benzene ring substituents is 2. The summed E-state index contributed by atoms with van der Waals surface area (Å²) >= 11 is 0. The van der Waals surface area contributed by atoms with Gasteiger partial charge in [-0.05, 0) is 45.9 Å².